The van der Waals surface area contributed by atoms with Crippen LogP contribution in [0.3, 0.4) is 0 Å². The number of aliphatic hydroxyl groups is 1. The molecule has 2 amide bonds. The summed E-state index contributed by atoms with van der Waals surface area (Å²) in [5.74, 6) is -0.627. The molecule has 1 N–H and O–H groups in total. The number of fused-ring (bicyclic) bond motifs is 1. The third-order valence-corrected chi connectivity index (χ3v) is 2.71. The second-order valence-electron chi connectivity index (χ2n) is 3.76. The Balaban J connectivity index is 2.35. The quantitative estimate of drug-likeness (QED) is 0.751. The summed E-state index contributed by atoms with van der Waals surface area (Å²) >= 11 is 0. The first-order chi connectivity index (χ1) is 7.66. The van der Waals surface area contributed by atoms with Crippen molar-refractivity contribution in [3.05, 3.63) is 29.6 Å². The summed E-state index contributed by atoms with van der Waals surface area (Å²) in [6.07, 6.45) is 3.28. The Labute approximate surface area is 92.7 Å². The van der Waals surface area contributed by atoms with Gasteiger partial charge in [0.15, 0.2) is 0 Å². The van der Waals surface area contributed by atoms with E-state index in [4.69, 9.17) is 5.11 Å². The number of amides is 2. The number of carbonyl (C=O) groups excluding carboxylic acids is 2. The average molecular weight is 220 g/mol. The van der Waals surface area contributed by atoms with Crippen molar-refractivity contribution in [3.63, 3.8) is 0 Å². The number of imide groups is 1. The summed E-state index contributed by atoms with van der Waals surface area (Å²) in [4.78, 5) is 28.8. The van der Waals surface area contributed by atoms with E-state index in [0.29, 0.717) is 17.5 Å². The van der Waals surface area contributed by atoms with Crippen LogP contribution in [-0.4, -0.2) is 39.5 Å². The lowest BCUT2D eigenvalue weighted by molar-refractivity contribution is 0.0576. The van der Waals surface area contributed by atoms with Gasteiger partial charge in [0.25, 0.3) is 11.8 Å². The molecule has 0 aromatic carbocycles. The van der Waals surface area contributed by atoms with Crippen LogP contribution in [0.5, 0.6) is 0 Å². The zero-order chi connectivity index (χ0) is 11.7. The van der Waals surface area contributed by atoms with Crippen LogP contribution in [0.25, 0.3) is 0 Å². The van der Waals surface area contributed by atoms with Gasteiger partial charge in [0.1, 0.15) is 0 Å². The molecule has 1 aliphatic rings. The molecule has 2 rings (SSSR count). The lowest BCUT2D eigenvalue weighted by atomic mass is 10.2. The molecule has 0 saturated heterocycles. The SMILES string of the molecule is CC(CCO)N1C(=O)c2ccncc2C1=O. The monoisotopic (exact) mass is 220 g/mol. The molecule has 0 fully saturated rings. The van der Waals surface area contributed by atoms with E-state index in [1.165, 1.54) is 17.3 Å². The van der Waals surface area contributed by atoms with Crippen molar-refractivity contribution in [1.82, 2.24) is 9.88 Å². The predicted molar refractivity (Wildman–Crippen MR) is 55.9 cm³/mol. The molecular weight excluding hydrogens is 208 g/mol. The van der Waals surface area contributed by atoms with E-state index >= 15 is 0 Å². The molecule has 1 atom stereocenters. The molecule has 2 heterocycles. The zero-order valence-corrected chi connectivity index (χ0v) is 8.88. The molecule has 0 saturated carbocycles. The van der Waals surface area contributed by atoms with Gasteiger partial charge in [-0.1, -0.05) is 0 Å². The topological polar surface area (TPSA) is 70.5 Å². The van der Waals surface area contributed by atoms with Gasteiger partial charge in [-0.25, -0.2) is 0 Å². The lowest BCUT2D eigenvalue weighted by Gasteiger charge is -2.21. The van der Waals surface area contributed by atoms with E-state index in [2.05, 4.69) is 4.98 Å². The number of carbonyl (C=O) groups is 2. The van der Waals surface area contributed by atoms with E-state index in [1.54, 1.807) is 13.0 Å². The summed E-state index contributed by atoms with van der Waals surface area (Å²) in [6, 6.07) is 1.25. The normalized spacial score (nSPS) is 16.5. The van der Waals surface area contributed by atoms with E-state index in [9.17, 15) is 9.59 Å². The minimum Gasteiger partial charge on any atom is -0.396 e. The summed E-state index contributed by atoms with van der Waals surface area (Å²) in [5, 5.41) is 8.82. The van der Waals surface area contributed by atoms with Crippen LogP contribution in [0.4, 0.5) is 0 Å². The van der Waals surface area contributed by atoms with Gasteiger partial charge in [0, 0.05) is 25.0 Å². The van der Waals surface area contributed by atoms with Crippen LogP contribution >= 0.6 is 0 Å². The molecule has 1 aromatic heterocycles. The number of hydrogen-bond acceptors (Lipinski definition) is 4. The lowest BCUT2D eigenvalue weighted by Crippen LogP contribution is -2.38. The van der Waals surface area contributed by atoms with Gasteiger partial charge >= 0.3 is 0 Å². The van der Waals surface area contributed by atoms with Crippen LogP contribution in [0.1, 0.15) is 34.1 Å². The van der Waals surface area contributed by atoms with Crippen LogP contribution in [0, 0.1) is 0 Å². The van der Waals surface area contributed by atoms with Crippen LogP contribution in [0.15, 0.2) is 18.5 Å². The van der Waals surface area contributed by atoms with Crippen molar-refractivity contribution in [1.29, 1.82) is 0 Å². The molecule has 0 spiro atoms. The van der Waals surface area contributed by atoms with Crippen molar-refractivity contribution in [2.75, 3.05) is 6.61 Å². The fourth-order valence-electron chi connectivity index (χ4n) is 1.82. The number of pyridine rings is 1. The molecular formula is C11H12N2O3. The van der Waals surface area contributed by atoms with Crippen molar-refractivity contribution >= 4 is 11.8 Å². The molecule has 1 aromatic rings. The number of hydrogen-bond donors (Lipinski definition) is 1. The second-order valence-corrected chi connectivity index (χ2v) is 3.76. The van der Waals surface area contributed by atoms with Gasteiger partial charge in [-0.15, -0.1) is 0 Å². The highest BCUT2D eigenvalue weighted by Gasteiger charge is 2.38. The minimum absolute atomic E-state index is 0.0488. The molecule has 0 radical (unpaired) electrons. The van der Waals surface area contributed by atoms with Crippen molar-refractivity contribution in [2.24, 2.45) is 0 Å². The second kappa shape index (κ2) is 4.02. The minimum atomic E-state index is -0.325. The van der Waals surface area contributed by atoms with Gasteiger partial charge in [-0.2, -0.15) is 0 Å². The highest BCUT2D eigenvalue weighted by atomic mass is 16.3. The Kier molecular flexibility index (Phi) is 2.70. The van der Waals surface area contributed by atoms with Gasteiger partial charge < -0.3 is 5.11 Å². The maximum atomic E-state index is 11.9. The molecule has 84 valence electrons. The summed E-state index contributed by atoms with van der Waals surface area (Å²) in [5.41, 5.74) is 0.738. The number of aromatic nitrogens is 1. The molecule has 5 nitrogen and oxygen atoms in total. The van der Waals surface area contributed by atoms with Crippen LogP contribution in [-0.2, 0) is 0 Å². The molecule has 1 aliphatic heterocycles. The van der Waals surface area contributed by atoms with Gasteiger partial charge in [0.05, 0.1) is 11.1 Å². The van der Waals surface area contributed by atoms with Crippen LogP contribution < -0.4 is 0 Å². The van der Waals surface area contributed by atoms with E-state index in [0.717, 1.165) is 0 Å². The predicted octanol–water partition coefficient (Wildman–Crippen LogP) is 0.449. The largest absolute Gasteiger partial charge is 0.396 e. The zero-order valence-electron chi connectivity index (χ0n) is 8.88. The number of rotatable bonds is 3. The van der Waals surface area contributed by atoms with Gasteiger partial charge in [-0.3, -0.25) is 19.5 Å². The first-order valence-electron chi connectivity index (χ1n) is 5.09. The summed E-state index contributed by atoms with van der Waals surface area (Å²) < 4.78 is 0. The molecule has 5 heteroatoms. The van der Waals surface area contributed by atoms with Crippen molar-refractivity contribution < 1.29 is 14.7 Å². The molecule has 16 heavy (non-hydrogen) atoms. The van der Waals surface area contributed by atoms with Gasteiger partial charge in [-0.05, 0) is 19.4 Å². The Morgan fingerprint density at radius 2 is 2.06 bits per heavy atom. The Hall–Kier alpha value is -1.75. The third kappa shape index (κ3) is 1.49. The first-order valence-corrected chi connectivity index (χ1v) is 5.09. The fraction of sp³-hybridized carbons (Fsp3) is 0.364. The third-order valence-electron chi connectivity index (χ3n) is 2.71. The van der Waals surface area contributed by atoms with Crippen molar-refractivity contribution in [2.45, 2.75) is 19.4 Å². The summed E-state index contributed by atoms with van der Waals surface area (Å²) in [7, 11) is 0. The highest BCUT2D eigenvalue weighted by Crippen LogP contribution is 2.24. The average Bonchev–Trinajstić information content (AvgIpc) is 2.53. The van der Waals surface area contributed by atoms with E-state index in [-0.39, 0.29) is 24.5 Å². The molecule has 0 aliphatic carbocycles. The standard InChI is InChI=1S/C11H12N2O3/c1-7(3-5-14)13-10(15)8-2-4-12-6-9(8)11(13)16/h2,4,6-7,14H,3,5H2,1H3. The smallest absolute Gasteiger partial charge is 0.263 e. The number of aliphatic hydroxyl groups excluding tert-OH is 1. The molecule has 1 unspecified atom stereocenters. The van der Waals surface area contributed by atoms with E-state index in [1.807, 2.05) is 0 Å². The Morgan fingerprint density at radius 3 is 2.69 bits per heavy atom. The molecule has 0 bridgehead atoms. The number of nitrogens with zero attached hydrogens (tertiary/aromatic N) is 2. The fourth-order valence-corrected chi connectivity index (χ4v) is 1.82. The maximum absolute atomic E-state index is 11.9. The van der Waals surface area contributed by atoms with E-state index < -0.39 is 0 Å². The summed E-state index contributed by atoms with van der Waals surface area (Å²) in [6.45, 7) is 1.69. The first kappa shape index (κ1) is 10.8. The van der Waals surface area contributed by atoms with Crippen molar-refractivity contribution in [3.8, 4) is 0 Å². The highest BCUT2D eigenvalue weighted by molar-refractivity contribution is 6.21. The Bertz CT molecular complexity index is 410. The maximum Gasteiger partial charge on any atom is 0.263 e. The Morgan fingerprint density at radius 1 is 1.38 bits per heavy atom. The van der Waals surface area contributed by atoms with Crippen LogP contribution in [0.2, 0.25) is 0 Å². The van der Waals surface area contributed by atoms with Gasteiger partial charge in [0.2, 0.25) is 0 Å².